The lowest BCUT2D eigenvalue weighted by atomic mass is 10.2. The third-order valence-corrected chi connectivity index (χ3v) is 5.78. The molecule has 1 atom stereocenters. The van der Waals surface area contributed by atoms with Gasteiger partial charge in [-0.05, 0) is 32.5 Å². The number of rotatable bonds is 10. The Labute approximate surface area is 153 Å². The molecule has 1 aliphatic rings. The minimum atomic E-state index is -4.53. The maximum Gasteiger partial charge on any atom is 0.356 e. The minimum Gasteiger partial charge on any atom is -0.494 e. The zero-order chi connectivity index (χ0) is 19.2. The van der Waals surface area contributed by atoms with Gasteiger partial charge in [0.2, 0.25) is 0 Å². The highest BCUT2D eigenvalue weighted by molar-refractivity contribution is 7.53. The van der Waals surface area contributed by atoms with Crippen LogP contribution in [0.5, 0.6) is 5.75 Å². The first-order valence-electron chi connectivity index (χ1n) is 8.61. The highest BCUT2D eigenvalue weighted by Gasteiger charge is 2.39. The fraction of sp³-hybridized carbons (Fsp3) is 0.647. The molecule has 1 aromatic carbocycles. The van der Waals surface area contributed by atoms with Gasteiger partial charge in [-0.15, -0.1) is 0 Å². The summed E-state index contributed by atoms with van der Waals surface area (Å²) in [6, 6.07) is 7.60. The normalized spacial score (nSPS) is 18.2. The molecular formula is C17H28NO7P. The van der Waals surface area contributed by atoms with Crippen LogP contribution in [0.15, 0.2) is 24.3 Å². The fourth-order valence-electron chi connectivity index (χ4n) is 2.49. The van der Waals surface area contributed by atoms with Gasteiger partial charge in [-0.2, -0.15) is 0 Å². The lowest BCUT2D eigenvalue weighted by Gasteiger charge is -2.27. The van der Waals surface area contributed by atoms with Gasteiger partial charge in [-0.1, -0.05) is 12.1 Å². The van der Waals surface area contributed by atoms with Crippen LogP contribution in [0.2, 0.25) is 0 Å². The largest absolute Gasteiger partial charge is 0.494 e. The monoisotopic (exact) mass is 389 g/mol. The molecule has 148 valence electrons. The molecule has 0 bridgehead atoms. The Kier molecular flexibility index (Phi) is 7.61. The van der Waals surface area contributed by atoms with Crippen LogP contribution in [-0.4, -0.2) is 65.1 Å². The van der Waals surface area contributed by atoms with Gasteiger partial charge in [-0.3, -0.25) is 4.57 Å². The quantitative estimate of drug-likeness (QED) is 0.410. The highest BCUT2D eigenvalue weighted by Crippen LogP contribution is 2.50. The number of ether oxygens (including phenoxy) is 3. The van der Waals surface area contributed by atoms with E-state index in [-0.39, 0.29) is 12.7 Å². The van der Waals surface area contributed by atoms with Gasteiger partial charge in [0.15, 0.2) is 11.6 Å². The third-order valence-electron chi connectivity index (χ3n) is 4.30. The van der Waals surface area contributed by atoms with E-state index >= 15 is 0 Å². The summed E-state index contributed by atoms with van der Waals surface area (Å²) in [5.41, 5.74) is 0.928. The third kappa shape index (κ3) is 6.32. The molecular weight excluding hydrogens is 361 g/mol. The van der Waals surface area contributed by atoms with Gasteiger partial charge in [-0.25, -0.2) is 0 Å². The zero-order valence-corrected chi connectivity index (χ0v) is 16.1. The van der Waals surface area contributed by atoms with Crippen molar-refractivity contribution < 1.29 is 33.7 Å². The molecule has 1 heterocycles. The minimum absolute atomic E-state index is 0.00192. The first-order chi connectivity index (χ1) is 12.2. The van der Waals surface area contributed by atoms with Crippen LogP contribution in [0, 0.1) is 0 Å². The van der Waals surface area contributed by atoms with Crippen molar-refractivity contribution in [2.24, 2.45) is 0 Å². The van der Waals surface area contributed by atoms with Gasteiger partial charge in [0.05, 0.1) is 19.8 Å². The Balaban J connectivity index is 1.68. The highest BCUT2D eigenvalue weighted by atomic mass is 31.2. The van der Waals surface area contributed by atoms with Crippen molar-refractivity contribution in [3.05, 3.63) is 29.8 Å². The predicted octanol–water partition coefficient (Wildman–Crippen LogP) is 1.71. The van der Waals surface area contributed by atoms with E-state index in [4.69, 9.17) is 24.0 Å². The Bertz CT molecular complexity index is 613. The summed E-state index contributed by atoms with van der Waals surface area (Å²) in [5.74, 6) is 0.744. The van der Waals surface area contributed by atoms with Crippen molar-refractivity contribution in [1.29, 1.82) is 0 Å². The molecule has 1 aliphatic heterocycles. The van der Waals surface area contributed by atoms with Crippen LogP contribution < -0.4 is 4.74 Å². The van der Waals surface area contributed by atoms with Crippen LogP contribution in [0.3, 0.4) is 0 Å². The maximum atomic E-state index is 11.2. The van der Waals surface area contributed by atoms with Gasteiger partial charge in [0.25, 0.3) is 0 Å². The summed E-state index contributed by atoms with van der Waals surface area (Å²) < 4.78 is 27.9. The van der Waals surface area contributed by atoms with Crippen molar-refractivity contribution >= 4 is 7.60 Å². The molecule has 2 rings (SSSR count). The second-order valence-electron chi connectivity index (χ2n) is 6.66. The molecule has 3 N–H and O–H groups in total. The standard InChI is InChI=1S/C17H28NO7P/c1-17(19,26(20,21)22)7-9-18(2)8-4-10-23-15-6-3-5-14(13-15)16-24-11-12-25-16/h3,5-6,13,16,19H,4,7-12H2,1-2H3,(H2,20,21,22). The summed E-state index contributed by atoms with van der Waals surface area (Å²) in [4.78, 5) is 20.1. The SMILES string of the molecule is CN(CCCOc1cccc(C2OCCO2)c1)CCC(C)(O)P(=O)(O)O. The van der Waals surface area contributed by atoms with Crippen molar-refractivity contribution in [3.8, 4) is 5.75 Å². The van der Waals surface area contributed by atoms with Gasteiger partial charge in [0, 0.05) is 25.1 Å². The van der Waals surface area contributed by atoms with Gasteiger partial charge < -0.3 is 34.0 Å². The Morgan fingerprint density at radius 3 is 2.65 bits per heavy atom. The molecule has 0 saturated carbocycles. The van der Waals surface area contributed by atoms with E-state index in [0.717, 1.165) is 24.7 Å². The average Bonchev–Trinajstić information content (AvgIpc) is 3.11. The number of nitrogens with zero attached hydrogens (tertiary/aromatic N) is 1. The van der Waals surface area contributed by atoms with Crippen molar-refractivity contribution in [1.82, 2.24) is 4.90 Å². The first-order valence-corrected chi connectivity index (χ1v) is 10.2. The summed E-state index contributed by atoms with van der Waals surface area (Å²) in [6.07, 6.45) is 0.416. The second kappa shape index (κ2) is 9.28. The van der Waals surface area contributed by atoms with Crippen LogP contribution in [0.1, 0.15) is 31.6 Å². The van der Waals surface area contributed by atoms with Crippen molar-refractivity contribution in [2.75, 3.05) is 40.0 Å². The molecule has 0 aromatic heterocycles. The number of aliphatic hydroxyl groups is 1. The van der Waals surface area contributed by atoms with E-state index in [0.29, 0.717) is 32.9 Å². The first kappa shape index (κ1) is 21.3. The maximum absolute atomic E-state index is 11.2. The average molecular weight is 389 g/mol. The van der Waals surface area contributed by atoms with E-state index in [1.54, 1.807) is 0 Å². The van der Waals surface area contributed by atoms with E-state index in [9.17, 15) is 9.67 Å². The smallest absolute Gasteiger partial charge is 0.356 e. The topological polar surface area (TPSA) is 109 Å². The molecule has 9 heteroatoms. The van der Waals surface area contributed by atoms with Crippen molar-refractivity contribution in [3.63, 3.8) is 0 Å². The summed E-state index contributed by atoms with van der Waals surface area (Å²) in [5, 5.41) is 7.80. The van der Waals surface area contributed by atoms with E-state index < -0.39 is 12.9 Å². The molecule has 0 amide bonds. The van der Waals surface area contributed by atoms with E-state index in [2.05, 4.69) is 0 Å². The van der Waals surface area contributed by atoms with Crippen LogP contribution >= 0.6 is 7.60 Å². The second-order valence-corrected chi connectivity index (χ2v) is 8.71. The molecule has 1 fully saturated rings. The fourth-order valence-corrected chi connectivity index (χ4v) is 2.88. The lowest BCUT2D eigenvalue weighted by molar-refractivity contribution is -0.0442. The molecule has 26 heavy (non-hydrogen) atoms. The molecule has 1 saturated heterocycles. The van der Waals surface area contributed by atoms with E-state index in [1.165, 1.54) is 0 Å². The Morgan fingerprint density at radius 2 is 2.00 bits per heavy atom. The summed E-state index contributed by atoms with van der Waals surface area (Å²) in [7, 11) is -2.69. The van der Waals surface area contributed by atoms with Gasteiger partial charge in [0.1, 0.15) is 5.75 Å². The van der Waals surface area contributed by atoms with Crippen LogP contribution in [0.25, 0.3) is 0 Å². The van der Waals surface area contributed by atoms with Crippen LogP contribution in [0.4, 0.5) is 0 Å². The molecule has 0 aliphatic carbocycles. The van der Waals surface area contributed by atoms with Crippen LogP contribution in [-0.2, 0) is 14.0 Å². The Morgan fingerprint density at radius 1 is 1.31 bits per heavy atom. The van der Waals surface area contributed by atoms with Crippen molar-refractivity contribution in [2.45, 2.75) is 31.4 Å². The molecule has 1 aromatic rings. The lowest BCUT2D eigenvalue weighted by Crippen LogP contribution is -2.31. The predicted molar refractivity (Wildman–Crippen MR) is 96.0 cm³/mol. The van der Waals surface area contributed by atoms with E-state index in [1.807, 2.05) is 36.2 Å². The Hall–Kier alpha value is -0.990. The van der Waals surface area contributed by atoms with Gasteiger partial charge >= 0.3 is 7.60 Å². The number of benzene rings is 1. The summed E-state index contributed by atoms with van der Waals surface area (Å²) in [6.45, 7) is 3.92. The molecule has 0 spiro atoms. The summed E-state index contributed by atoms with van der Waals surface area (Å²) >= 11 is 0. The molecule has 8 nitrogen and oxygen atoms in total. The zero-order valence-electron chi connectivity index (χ0n) is 15.2. The molecule has 0 radical (unpaired) electrons. The number of hydrogen-bond donors (Lipinski definition) is 3. The number of hydrogen-bond acceptors (Lipinski definition) is 6. The molecule has 1 unspecified atom stereocenters.